The zero-order valence-corrected chi connectivity index (χ0v) is 15.3. The molecule has 0 radical (unpaired) electrons. The van der Waals surface area contributed by atoms with Crippen LogP contribution in [-0.4, -0.2) is 48.6 Å². The van der Waals surface area contributed by atoms with E-state index >= 15 is 0 Å². The third kappa shape index (κ3) is 4.47. The Kier molecular flexibility index (Phi) is 7.02. The molecule has 3 rings (SSSR count). The van der Waals surface area contributed by atoms with Crippen molar-refractivity contribution < 1.29 is 9.53 Å². The first-order valence-corrected chi connectivity index (χ1v) is 8.84. The smallest absolute Gasteiger partial charge is 0.273 e. The summed E-state index contributed by atoms with van der Waals surface area (Å²) in [6, 6.07) is 7.88. The van der Waals surface area contributed by atoms with Crippen LogP contribution in [0.3, 0.4) is 0 Å². The van der Waals surface area contributed by atoms with Gasteiger partial charge in [0.2, 0.25) is 0 Å². The molecule has 2 aromatic rings. The fraction of sp³-hybridized carbons (Fsp3) is 0.412. The third-order valence-corrected chi connectivity index (χ3v) is 4.59. The Morgan fingerprint density at radius 3 is 2.67 bits per heavy atom. The van der Waals surface area contributed by atoms with Gasteiger partial charge in [0.25, 0.3) is 5.91 Å². The number of piperazine rings is 1. The number of aromatic nitrogens is 1. The predicted octanol–water partition coefficient (Wildman–Crippen LogP) is 3.07. The van der Waals surface area contributed by atoms with Gasteiger partial charge in [-0.2, -0.15) is 0 Å². The Hall–Kier alpha value is -1.63. The largest absolute Gasteiger partial charge is 0.494 e. The maximum atomic E-state index is 12.4. The van der Waals surface area contributed by atoms with E-state index in [4.69, 9.17) is 4.74 Å². The fourth-order valence-corrected chi connectivity index (χ4v) is 3.25. The molecule has 1 fully saturated rings. The summed E-state index contributed by atoms with van der Waals surface area (Å²) in [5.41, 5.74) is 1.55. The lowest BCUT2D eigenvalue weighted by atomic mass is 10.2. The average molecular weight is 368 g/mol. The van der Waals surface area contributed by atoms with Crippen molar-refractivity contribution in [1.29, 1.82) is 0 Å². The van der Waals surface area contributed by atoms with Crippen LogP contribution >= 0.6 is 23.7 Å². The molecule has 0 atom stereocenters. The van der Waals surface area contributed by atoms with Crippen molar-refractivity contribution in [2.24, 2.45) is 0 Å². The molecular formula is C17H22ClN3O2S. The first-order chi connectivity index (χ1) is 11.3. The quantitative estimate of drug-likeness (QED) is 0.882. The van der Waals surface area contributed by atoms with Gasteiger partial charge in [0.05, 0.1) is 6.61 Å². The number of thiazole rings is 1. The molecule has 1 aliphatic heterocycles. The Morgan fingerprint density at radius 1 is 1.29 bits per heavy atom. The number of nitrogens with one attached hydrogen (secondary N) is 1. The lowest BCUT2D eigenvalue weighted by Gasteiger charge is -2.26. The SMILES string of the molecule is CCCOc1ccc(-c2nc(C(=O)N3CCNCC3)cs2)cc1.Cl. The van der Waals surface area contributed by atoms with Crippen LogP contribution in [0, 0.1) is 0 Å². The molecule has 1 N–H and O–H groups in total. The number of ether oxygens (including phenoxy) is 1. The summed E-state index contributed by atoms with van der Waals surface area (Å²) in [6.45, 7) is 6.00. The number of nitrogens with zero attached hydrogens (tertiary/aromatic N) is 2. The van der Waals surface area contributed by atoms with Crippen molar-refractivity contribution in [2.75, 3.05) is 32.8 Å². The molecule has 0 aliphatic carbocycles. The Morgan fingerprint density at radius 2 is 2.00 bits per heavy atom. The second kappa shape index (κ2) is 9.01. The second-order valence-electron chi connectivity index (χ2n) is 5.45. The van der Waals surface area contributed by atoms with Crippen LogP contribution in [0.2, 0.25) is 0 Å². The van der Waals surface area contributed by atoms with Gasteiger partial charge in [-0.25, -0.2) is 4.98 Å². The Labute approximate surface area is 152 Å². The second-order valence-corrected chi connectivity index (χ2v) is 6.31. The summed E-state index contributed by atoms with van der Waals surface area (Å²) in [5.74, 6) is 0.890. The van der Waals surface area contributed by atoms with Crippen molar-refractivity contribution >= 4 is 29.7 Å². The highest BCUT2D eigenvalue weighted by Crippen LogP contribution is 2.26. The van der Waals surface area contributed by atoms with Gasteiger partial charge in [0.15, 0.2) is 0 Å². The van der Waals surface area contributed by atoms with Crippen molar-refractivity contribution in [3.63, 3.8) is 0 Å². The maximum Gasteiger partial charge on any atom is 0.273 e. The van der Waals surface area contributed by atoms with Gasteiger partial charge in [-0.15, -0.1) is 23.7 Å². The summed E-state index contributed by atoms with van der Waals surface area (Å²) in [7, 11) is 0. The van der Waals surface area contributed by atoms with Crippen molar-refractivity contribution in [3.8, 4) is 16.3 Å². The zero-order chi connectivity index (χ0) is 16.1. The van der Waals surface area contributed by atoms with Crippen molar-refractivity contribution in [1.82, 2.24) is 15.2 Å². The van der Waals surface area contributed by atoms with E-state index in [1.165, 1.54) is 11.3 Å². The van der Waals surface area contributed by atoms with Crippen LogP contribution in [0.4, 0.5) is 0 Å². The third-order valence-electron chi connectivity index (χ3n) is 3.70. The monoisotopic (exact) mass is 367 g/mol. The molecule has 0 spiro atoms. The molecule has 2 heterocycles. The Balaban J connectivity index is 0.00000208. The van der Waals surface area contributed by atoms with Gasteiger partial charge in [-0.3, -0.25) is 4.79 Å². The highest BCUT2D eigenvalue weighted by Gasteiger charge is 2.20. The van der Waals surface area contributed by atoms with Crippen LogP contribution in [-0.2, 0) is 0 Å². The molecule has 1 saturated heterocycles. The summed E-state index contributed by atoms with van der Waals surface area (Å²) >= 11 is 1.50. The van der Waals surface area contributed by atoms with Crippen molar-refractivity contribution in [3.05, 3.63) is 35.3 Å². The number of halogens is 1. The lowest BCUT2D eigenvalue weighted by Crippen LogP contribution is -2.46. The van der Waals surface area contributed by atoms with Crippen molar-refractivity contribution in [2.45, 2.75) is 13.3 Å². The number of carbonyl (C=O) groups excluding carboxylic acids is 1. The van der Waals surface area contributed by atoms with Gasteiger partial charge in [-0.05, 0) is 30.7 Å². The molecule has 1 aromatic carbocycles. The zero-order valence-electron chi connectivity index (χ0n) is 13.7. The number of hydrogen-bond donors (Lipinski definition) is 1. The highest BCUT2D eigenvalue weighted by atomic mass is 35.5. The number of amides is 1. The Bertz CT molecular complexity index is 654. The molecule has 7 heteroatoms. The molecule has 5 nitrogen and oxygen atoms in total. The van der Waals surface area contributed by atoms with E-state index in [1.807, 2.05) is 34.5 Å². The molecular weight excluding hydrogens is 346 g/mol. The highest BCUT2D eigenvalue weighted by molar-refractivity contribution is 7.13. The van der Waals surface area contributed by atoms with Crippen LogP contribution in [0.5, 0.6) is 5.75 Å². The van der Waals surface area contributed by atoms with E-state index in [1.54, 1.807) is 0 Å². The summed E-state index contributed by atoms with van der Waals surface area (Å²) < 4.78 is 5.59. The lowest BCUT2D eigenvalue weighted by molar-refractivity contribution is 0.0731. The summed E-state index contributed by atoms with van der Waals surface area (Å²) in [5, 5.41) is 5.96. The van der Waals surface area contributed by atoms with Crippen LogP contribution in [0.15, 0.2) is 29.6 Å². The average Bonchev–Trinajstić information content (AvgIpc) is 3.10. The van der Waals surface area contributed by atoms with E-state index in [2.05, 4.69) is 17.2 Å². The summed E-state index contributed by atoms with van der Waals surface area (Å²) in [6.07, 6.45) is 0.992. The van der Waals surface area contributed by atoms with Crippen LogP contribution < -0.4 is 10.1 Å². The number of rotatable bonds is 5. The van der Waals surface area contributed by atoms with Gasteiger partial charge >= 0.3 is 0 Å². The molecule has 1 amide bonds. The molecule has 130 valence electrons. The molecule has 0 saturated carbocycles. The van der Waals surface area contributed by atoms with Crippen LogP contribution in [0.25, 0.3) is 10.6 Å². The van der Waals surface area contributed by atoms with Gasteiger partial charge < -0.3 is 15.0 Å². The topological polar surface area (TPSA) is 54.5 Å². The number of carbonyl (C=O) groups is 1. The van der Waals surface area contributed by atoms with E-state index < -0.39 is 0 Å². The fourth-order valence-electron chi connectivity index (χ4n) is 2.45. The number of benzene rings is 1. The molecule has 0 unspecified atom stereocenters. The van der Waals surface area contributed by atoms with Gasteiger partial charge in [-0.1, -0.05) is 6.92 Å². The minimum Gasteiger partial charge on any atom is -0.494 e. The number of hydrogen-bond acceptors (Lipinski definition) is 5. The maximum absolute atomic E-state index is 12.4. The van der Waals surface area contributed by atoms with E-state index in [0.717, 1.165) is 55.5 Å². The minimum absolute atomic E-state index is 0. The first kappa shape index (κ1) is 18.7. The van der Waals surface area contributed by atoms with E-state index in [0.29, 0.717) is 5.69 Å². The normalized spacial score (nSPS) is 14.1. The van der Waals surface area contributed by atoms with E-state index in [9.17, 15) is 4.79 Å². The van der Waals surface area contributed by atoms with Gasteiger partial charge in [0.1, 0.15) is 16.5 Å². The standard InChI is InChI=1S/C17H21N3O2S.ClH/c1-2-11-22-14-5-3-13(4-6-14)16-19-15(12-23-16)17(21)20-9-7-18-8-10-20;/h3-6,12,18H,2,7-11H2,1H3;1H. The molecule has 1 aromatic heterocycles. The molecule has 1 aliphatic rings. The summed E-state index contributed by atoms with van der Waals surface area (Å²) in [4.78, 5) is 18.8. The predicted molar refractivity (Wildman–Crippen MR) is 99.4 cm³/mol. The first-order valence-electron chi connectivity index (χ1n) is 7.96. The van der Waals surface area contributed by atoms with Gasteiger partial charge in [0, 0.05) is 37.1 Å². The van der Waals surface area contributed by atoms with E-state index in [-0.39, 0.29) is 18.3 Å². The minimum atomic E-state index is 0. The molecule has 0 bridgehead atoms. The molecule has 24 heavy (non-hydrogen) atoms. The van der Waals surface area contributed by atoms with Crippen LogP contribution in [0.1, 0.15) is 23.8 Å².